The Morgan fingerprint density at radius 3 is 2.81 bits per heavy atom. The molecule has 2 rings (SSSR count). The lowest BCUT2D eigenvalue weighted by Gasteiger charge is -2.10. The Morgan fingerprint density at radius 1 is 1.38 bits per heavy atom. The van der Waals surface area contributed by atoms with E-state index in [2.05, 4.69) is 39.7 Å². The number of aryl methyl sites for hydroxylation is 1. The summed E-state index contributed by atoms with van der Waals surface area (Å²) in [6, 6.07) is 0. The number of likely N-dealkylation sites (N-methyl/N-ethyl adjacent to an activating group) is 1. The van der Waals surface area contributed by atoms with E-state index in [1.165, 1.54) is 6.33 Å². The van der Waals surface area contributed by atoms with Gasteiger partial charge in [-0.05, 0) is 26.6 Å². The van der Waals surface area contributed by atoms with Crippen LogP contribution in [-0.2, 0) is 6.54 Å². The van der Waals surface area contributed by atoms with Crippen LogP contribution in [0.4, 0.5) is 0 Å². The van der Waals surface area contributed by atoms with Crippen molar-refractivity contribution >= 4 is 22.6 Å². The highest BCUT2D eigenvalue weighted by Gasteiger charge is 2.10. The van der Waals surface area contributed by atoms with Crippen molar-refractivity contribution < 1.29 is 0 Å². The average molecular weight is 239 g/mol. The van der Waals surface area contributed by atoms with Gasteiger partial charge < -0.3 is 9.47 Å². The molecule has 2 heterocycles. The quantitative estimate of drug-likeness (QED) is 0.767. The second-order valence-electron chi connectivity index (χ2n) is 4.17. The molecule has 0 aliphatic rings. The molecule has 0 saturated heterocycles. The van der Waals surface area contributed by atoms with Gasteiger partial charge in [0.25, 0.3) is 0 Å². The molecular weight excluding hydrogens is 224 g/mol. The van der Waals surface area contributed by atoms with Crippen molar-refractivity contribution in [2.45, 2.75) is 13.5 Å². The van der Waals surface area contributed by atoms with E-state index in [0.29, 0.717) is 5.15 Å². The Labute approximate surface area is 99.9 Å². The minimum absolute atomic E-state index is 0.533. The number of nitrogens with zero attached hydrogens (tertiary/aromatic N) is 4. The summed E-state index contributed by atoms with van der Waals surface area (Å²) >= 11 is 6.06. The molecule has 0 saturated carbocycles. The first-order chi connectivity index (χ1) is 7.59. The molecule has 86 valence electrons. The molecule has 0 aromatic carbocycles. The minimum atomic E-state index is 0.533. The summed E-state index contributed by atoms with van der Waals surface area (Å²) in [4.78, 5) is 10.4. The third-order valence-electron chi connectivity index (χ3n) is 2.58. The summed E-state index contributed by atoms with van der Waals surface area (Å²) < 4.78 is 2.12. The summed E-state index contributed by atoms with van der Waals surface area (Å²) in [5.74, 6) is 0. The van der Waals surface area contributed by atoms with Gasteiger partial charge in [0.15, 0.2) is 0 Å². The van der Waals surface area contributed by atoms with Crippen molar-refractivity contribution in [1.29, 1.82) is 0 Å². The van der Waals surface area contributed by atoms with Crippen molar-refractivity contribution in [3.63, 3.8) is 0 Å². The Kier molecular flexibility index (Phi) is 3.12. The van der Waals surface area contributed by atoms with Crippen molar-refractivity contribution in [3.8, 4) is 0 Å². The molecular formula is C11H15ClN4. The third kappa shape index (κ3) is 2.03. The topological polar surface area (TPSA) is 34.0 Å². The summed E-state index contributed by atoms with van der Waals surface area (Å²) in [7, 11) is 4.11. The Morgan fingerprint density at radius 2 is 2.12 bits per heavy atom. The minimum Gasteiger partial charge on any atom is -0.331 e. The highest BCUT2D eigenvalue weighted by atomic mass is 35.5. The highest BCUT2D eigenvalue weighted by Crippen LogP contribution is 2.24. The SMILES string of the molecule is Cc1cn(CCN(C)C)c2ncnc(Cl)c12. The lowest BCUT2D eigenvalue weighted by atomic mass is 10.3. The van der Waals surface area contributed by atoms with Gasteiger partial charge in [-0.1, -0.05) is 11.6 Å². The van der Waals surface area contributed by atoms with Gasteiger partial charge in [-0.15, -0.1) is 0 Å². The Bertz CT molecular complexity index is 504. The predicted molar refractivity (Wildman–Crippen MR) is 65.8 cm³/mol. The first-order valence-electron chi connectivity index (χ1n) is 5.20. The average Bonchev–Trinajstić information content (AvgIpc) is 2.54. The normalized spacial score (nSPS) is 11.6. The fraction of sp³-hybridized carbons (Fsp3) is 0.455. The number of aromatic nitrogens is 3. The van der Waals surface area contributed by atoms with Gasteiger partial charge in [0.1, 0.15) is 17.1 Å². The van der Waals surface area contributed by atoms with E-state index in [-0.39, 0.29) is 0 Å². The molecule has 0 radical (unpaired) electrons. The van der Waals surface area contributed by atoms with E-state index >= 15 is 0 Å². The molecule has 0 N–H and O–H groups in total. The van der Waals surface area contributed by atoms with Gasteiger partial charge in [-0.3, -0.25) is 0 Å². The van der Waals surface area contributed by atoms with Crippen LogP contribution >= 0.6 is 11.6 Å². The van der Waals surface area contributed by atoms with Crippen LogP contribution in [0.2, 0.25) is 5.15 Å². The summed E-state index contributed by atoms with van der Waals surface area (Å²) in [5.41, 5.74) is 2.04. The number of halogens is 1. The lowest BCUT2D eigenvalue weighted by Crippen LogP contribution is -2.18. The second kappa shape index (κ2) is 4.39. The molecule has 2 aromatic heterocycles. The number of hydrogen-bond donors (Lipinski definition) is 0. The maximum atomic E-state index is 6.06. The van der Waals surface area contributed by atoms with Gasteiger partial charge in [0.2, 0.25) is 0 Å². The van der Waals surface area contributed by atoms with Gasteiger partial charge >= 0.3 is 0 Å². The van der Waals surface area contributed by atoms with E-state index in [0.717, 1.165) is 29.7 Å². The molecule has 0 spiro atoms. The van der Waals surface area contributed by atoms with Gasteiger partial charge in [0.05, 0.1) is 5.39 Å². The molecule has 0 unspecified atom stereocenters. The fourth-order valence-electron chi connectivity index (χ4n) is 1.75. The zero-order valence-corrected chi connectivity index (χ0v) is 10.5. The second-order valence-corrected chi connectivity index (χ2v) is 4.53. The van der Waals surface area contributed by atoms with Crippen LogP contribution in [0.5, 0.6) is 0 Å². The zero-order valence-electron chi connectivity index (χ0n) is 9.74. The largest absolute Gasteiger partial charge is 0.331 e. The first kappa shape index (κ1) is 11.4. The number of fused-ring (bicyclic) bond motifs is 1. The molecule has 2 aromatic rings. The standard InChI is InChI=1S/C11H15ClN4/c1-8-6-16(5-4-15(2)3)11-9(8)10(12)13-7-14-11/h6-7H,4-5H2,1-3H3. The van der Waals surface area contributed by atoms with Crippen LogP contribution < -0.4 is 0 Å². The molecule has 16 heavy (non-hydrogen) atoms. The third-order valence-corrected chi connectivity index (χ3v) is 2.87. The van der Waals surface area contributed by atoms with E-state index in [1.54, 1.807) is 0 Å². The molecule has 0 atom stereocenters. The number of rotatable bonds is 3. The van der Waals surface area contributed by atoms with E-state index in [9.17, 15) is 0 Å². The summed E-state index contributed by atoms with van der Waals surface area (Å²) in [6.07, 6.45) is 3.59. The van der Waals surface area contributed by atoms with E-state index in [4.69, 9.17) is 11.6 Å². The zero-order chi connectivity index (χ0) is 11.7. The smallest absolute Gasteiger partial charge is 0.145 e. The van der Waals surface area contributed by atoms with E-state index in [1.807, 2.05) is 6.92 Å². The highest BCUT2D eigenvalue weighted by molar-refractivity contribution is 6.34. The molecule has 4 nitrogen and oxygen atoms in total. The van der Waals surface area contributed by atoms with Crippen LogP contribution in [-0.4, -0.2) is 40.1 Å². The van der Waals surface area contributed by atoms with Crippen molar-refractivity contribution in [2.24, 2.45) is 0 Å². The Balaban J connectivity index is 2.43. The maximum Gasteiger partial charge on any atom is 0.145 e. The van der Waals surface area contributed by atoms with Crippen LogP contribution in [0.1, 0.15) is 5.56 Å². The predicted octanol–water partition coefficient (Wildman–Crippen LogP) is 1.95. The van der Waals surface area contributed by atoms with Crippen molar-refractivity contribution in [1.82, 2.24) is 19.4 Å². The lowest BCUT2D eigenvalue weighted by molar-refractivity contribution is 0.386. The van der Waals surface area contributed by atoms with Gasteiger partial charge in [-0.25, -0.2) is 9.97 Å². The van der Waals surface area contributed by atoms with Gasteiger partial charge in [0, 0.05) is 19.3 Å². The molecule has 0 fully saturated rings. The molecule has 5 heteroatoms. The molecule has 0 bridgehead atoms. The van der Waals surface area contributed by atoms with Crippen molar-refractivity contribution in [3.05, 3.63) is 23.2 Å². The molecule has 0 aliphatic carbocycles. The van der Waals surface area contributed by atoms with Crippen LogP contribution in [0.25, 0.3) is 11.0 Å². The molecule has 0 amide bonds. The van der Waals surface area contributed by atoms with Gasteiger partial charge in [-0.2, -0.15) is 0 Å². The first-order valence-corrected chi connectivity index (χ1v) is 5.58. The van der Waals surface area contributed by atoms with E-state index < -0.39 is 0 Å². The maximum absolute atomic E-state index is 6.06. The number of hydrogen-bond acceptors (Lipinski definition) is 3. The summed E-state index contributed by atoms with van der Waals surface area (Å²) in [5, 5.41) is 1.49. The Hall–Kier alpha value is -1.13. The fourth-order valence-corrected chi connectivity index (χ4v) is 2.03. The van der Waals surface area contributed by atoms with Crippen molar-refractivity contribution in [2.75, 3.05) is 20.6 Å². The van der Waals surface area contributed by atoms with Crippen LogP contribution in [0.15, 0.2) is 12.5 Å². The monoisotopic (exact) mass is 238 g/mol. The van der Waals surface area contributed by atoms with Crippen LogP contribution in [0.3, 0.4) is 0 Å². The molecule has 0 aliphatic heterocycles. The summed E-state index contributed by atoms with van der Waals surface area (Å²) in [6.45, 7) is 3.92. The van der Waals surface area contributed by atoms with Crippen LogP contribution in [0, 0.1) is 6.92 Å².